The molecule has 2 aromatic carbocycles. The van der Waals surface area contributed by atoms with Gasteiger partial charge < -0.3 is 15.5 Å². The first-order chi connectivity index (χ1) is 11.7. The summed E-state index contributed by atoms with van der Waals surface area (Å²) in [6.07, 6.45) is 1.23. The second-order valence-corrected chi connectivity index (χ2v) is 5.77. The number of aryl methyl sites for hydroxylation is 1. The van der Waals surface area contributed by atoms with E-state index in [1.54, 1.807) is 4.90 Å². The highest BCUT2D eigenvalue weighted by Gasteiger charge is 2.22. The number of anilines is 2. The molecular weight excluding hydrogens is 302 g/mol. The first-order valence-electron chi connectivity index (χ1n) is 8.19. The number of urea groups is 1. The van der Waals surface area contributed by atoms with Gasteiger partial charge in [0, 0.05) is 30.9 Å². The van der Waals surface area contributed by atoms with E-state index < -0.39 is 0 Å². The van der Waals surface area contributed by atoms with E-state index in [2.05, 4.69) is 10.6 Å². The van der Waals surface area contributed by atoms with Crippen molar-refractivity contribution < 1.29 is 9.59 Å². The van der Waals surface area contributed by atoms with Gasteiger partial charge in [0.2, 0.25) is 5.91 Å². The Morgan fingerprint density at radius 1 is 1.12 bits per heavy atom. The van der Waals surface area contributed by atoms with E-state index in [-0.39, 0.29) is 11.9 Å². The summed E-state index contributed by atoms with van der Waals surface area (Å²) in [4.78, 5) is 25.7. The number of rotatable bonds is 4. The van der Waals surface area contributed by atoms with Crippen LogP contribution in [0.3, 0.4) is 0 Å². The van der Waals surface area contributed by atoms with E-state index in [1.807, 2.05) is 55.5 Å². The maximum atomic E-state index is 12.0. The highest BCUT2D eigenvalue weighted by molar-refractivity contribution is 5.97. The zero-order chi connectivity index (χ0) is 16.9. The number of amides is 3. The molecule has 1 heterocycles. The molecule has 0 aromatic heterocycles. The van der Waals surface area contributed by atoms with Gasteiger partial charge >= 0.3 is 6.03 Å². The number of nitrogens with one attached hydrogen (secondary N) is 2. The summed E-state index contributed by atoms with van der Waals surface area (Å²) < 4.78 is 0. The summed E-state index contributed by atoms with van der Waals surface area (Å²) in [5.74, 6) is 0.159. The van der Waals surface area contributed by atoms with Gasteiger partial charge in [0.1, 0.15) is 0 Å². The van der Waals surface area contributed by atoms with Crippen LogP contribution in [0, 0.1) is 0 Å². The fourth-order valence-corrected chi connectivity index (χ4v) is 2.94. The van der Waals surface area contributed by atoms with Gasteiger partial charge in [0.15, 0.2) is 0 Å². The molecular formula is C19H21N3O2. The second kappa shape index (κ2) is 7.17. The summed E-state index contributed by atoms with van der Waals surface area (Å²) in [6, 6.07) is 15.2. The van der Waals surface area contributed by atoms with Gasteiger partial charge in [-0.3, -0.25) is 4.79 Å². The third-order valence-electron chi connectivity index (χ3n) is 4.15. The Hall–Kier alpha value is -2.82. The predicted octanol–water partition coefficient (Wildman–Crippen LogP) is 3.31. The van der Waals surface area contributed by atoms with Crippen molar-refractivity contribution in [3.05, 3.63) is 59.7 Å². The lowest BCUT2D eigenvalue weighted by molar-refractivity contribution is -0.118. The van der Waals surface area contributed by atoms with Gasteiger partial charge in [-0.1, -0.05) is 30.3 Å². The molecule has 3 rings (SSSR count). The lowest BCUT2D eigenvalue weighted by Crippen LogP contribution is -2.35. The zero-order valence-electron chi connectivity index (χ0n) is 13.7. The monoisotopic (exact) mass is 323 g/mol. The fraction of sp³-hybridized carbons (Fsp3) is 0.263. The van der Waals surface area contributed by atoms with Crippen LogP contribution in [-0.4, -0.2) is 18.5 Å². The van der Waals surface area contributed by atoms with Crippen LogP contribution < -0.4 is 15.5 Å². The van der Waals surface area contributed by atoms with Crippen LogP contribution in [0.2, 0.25) is 0 Å². The Bertz CT molecular complexity index is 744. The predicted molar refractivity (Wildman–Crippen MR) is 95.1 cm³/mol. The molecule has 3 amide bonds. The second-order valence-electron chi connectivity index (χ2n) is 5.77. The normalized spacial score (nSPS) is 13.4. The maximum Gasteiger partial charge on any atom is 0.319 e. The molecule has 2 N–H and O–H groups in total. The van der Waals surface area contributed by atoms with Gasteiger partial charge in [-0.15, -0.1) is 0 Å². The van der Waals surface area contributed by atoms with E-state index in [0.29, 0.717) is 25.9 Å². The van der Waals surface area contributed by atoms with Gasteiger partial charge in [-0.25, -0.2) is 4.79 Å². The van der Waals surface area contributed by atoms with E-state index >= 15 is 0 Å². The number of fused-ring (bicyclic) bond motifs is 1. The topological polar surface area (TPSA) is 61.4 Å². The molecule has 0 radical (unpaired) electrons. The molecule has 0 spiro atoms. The largest absolute Gasteiger partial charge is 0.334 e. The molecule has 0 saturated heterocycles. The number of hydrogen-bond acceptors (Lipinski definition) is 2. The molecule has 5 nitrogen and oxygen atoms in total. The van der Waals surface area contributed by atoms with Crippen molar-refractivity contribution >= 4 is 23.3 Å². The molecule has 0 saturated carbocycles. The molecule has 0 fully saturated rings. The van der Waals surface area contributed by atoms with Crippen LogP contribution in [-0.2, 0) is 17.8 Å². The van der Waals surface area contributed by atoms with Gasteiger partial charge in [0.05, 0.1) is 0 Å². The van der Waals surface area contributed by atoms with Crippen LogP contribution >= 0.6 is 0 Å². The Labute approximate surface area is 141 Å². The third-order valence-corrected chi connectivity index (χ3v) is 4.15. The van der Waals surface area contributed by atoms with Crippen molar-refractivity contribution in [2.75, 3.05) is 16.8 Å². The van der Waals surface area contributed by atoms with Crippen molar-refractivity contribution in [1.29, 1.82) is 0 Å². The average molecular weight is 323 g/mol. The molecule has 0 atom stereocenters. The van der Waals surface area contributed by atoms with E-state index in [4.69, 9.17) is 0 Å². The number of benzene rings is 2. The molecule has 5 heteroatoms. The molecule has 1 aliphatic rings. The van der Waals surface area contributed by atoms with E-state index in [9.17, 15) is 9.59 Å². The first kappa shape index (κ1) is 16.1. The Kier molecular flexibility index (Phi) is 4.79. The summed E-state index contributed by atoms with van der Waals surface area (Å²) in [5.41, 5.74) is 3.83. The summed E-state index contributed by atoms with van der Waals surface area (Å²) in [5, 5.41) is 5.69. The van der Waals surface area contributed by atoms with Crippen LogP contribution in [0.25, 0.3) is 0 Å². The summed E-state index contributed by atoms with van der Waals surface area (Å²) in [6.45, 7) is 3.11. The first-order valence-corrected chi connectivity index (χ1v) is 8.19. The van der Waals surface area contributed by atoms with Crippen LogP contribution in [0.5, 0.6) is 0 Å². The van der Waals surface area contributed by atoms with E-state index in [0.717, 1.165) is 22.5 Å². The Morgan fingerprint density at radius 2 is 1.92 bits per heavy atom. The lowest BCUT2D eigenvalue weighted by Gasteiger charge is -2.28. The number of nitrogens with zero attached hydrogens (tertiary/aromatic N) is 1. The van der Waals surface area contributed by atoms with Crippen LogP contribution in [0.4, 0.5) is 16.2 Å². The third kappa shape index (κ3) is 3.56. The standard InChI is InChI=1S/C19H21N3O2/c1-2-22-17-10-9-16(12-15(17)8-11-18(22)23)21-19(24)20-13-14-6-4-3-5-7-14/h3-7,9-10,12H,2,8,11,13H2,1H3,(H2,20,21,24). The minimum Gasteiger partial charge on any atom is -0.334 e. The zero-order valence-corrected chi connectivity index (χ0v) is 13.7. The minimum atomic E-state index is -0.238. The summed E-state index contributed by atoms with van der Waals surface area (Å²) in [7, 11) is 0. The molecule has 1 aliphatic heterocycles. The van der Waals surface area contributed by atoms with Gasteiger partial charge in [-0.05, 0) is 42.7 Å². The quantitative estimate of drug-likeness (QED) is 0.907. The fourth-order valence-electron chi connectivity index (χ4n) is 2.94. The molecule has 124 valence electrons. The highest BCUT2D eigenvalue weighted by Crippen LogP contribution is 2.30. The van der Waals surface area contributed by atoms with Crippen molar-refractivity contribution in [2.24, 2.45) is 0 Å². The van der Waals surface area contributed by atoms with Gasteiger partial charge in [-0.2, -0.15) is 0 Å². The molecule has 2 aromatic rings. The highest BCUT2D eigenvalue weighted by atomic mass is 16.2. The van der Waals surface area contributed by atoms with Crippen molar-refractivity contribution in [2.45, 2.75) is 26.3 Å². The van der Waals surface area contributed by atoms with Gasteiger partial charge in [0.25, 0.3) is 0 Å². The maximum absolute atomic E-state index is 12.0. The summed E-state index contributed by atoms with van der Waals surface area (Å²) >= 11 is 0. The minimum absolute atomic E-state index is 0.159. The van der Waals surface area contributed by atoms with E-state index in [1.165, 1.54) is 0 Å². The van der Waals surface area contributed by atoms with Crippen LogP contribution in [0.1, 0.15) is 24.5 Å². The average Bonchev–Trinajstić information content (AvgIpc) is 2.61. The Morgan fingerprint density at radius 3 is 2.67 bits per heavy atom. The lowest BCUT2D eigenvalue weighted by atomic mass is 10.0. The number of carbonyl (C=O) groups is 2. The SMILES string of the molecule is CCN1C(=O)CCc2cc(NC(=O)NCc3ccccc3)ccc21. The van der Waals surface area contributed by atoms with Crippen molar-refractivity contribution in [1.82, 2.24) is 5.32 Å². The molecule has 0 unspecified atom stereocenters. The molecule has 0 bridgehead atoms. The Balaban J connectivity index is 1.64. The van der Waals surface area contributed by atoms with Crippen molar-refractivity contribution in [3.8, 4) is 0 Å². The molecule has 0 aliphatic carbocycles. The molecule has 24 heavy (non-hydrogen) atoms. The van der Waals surface area contributed by atoms with Crippen LogP contribution in [0.15, 0.2) is 48.5 Å². The van der Waals surface area contributed by atoms with Crippen molar-refractivity contribution in [3.63, 3.8) is 0 Å². The number of carbonyl (C=O) groups excluding carboxylic acids is 2. The smallest absolute Gasteiger partial charge is 0.319 e. The number of hydrogen-bond donors (Lipinski definition) is 2.